The molecule has 0 spiro atoms. The predicted molar refractivity (Wildman–Crippen MR) is 123 cm³/mol. The van der Waals surface area contributed by atoms with Gasteiger partial charge in [-0.1, -0.05) is 58.8 Å². The van der Waals surface area contributed by atoms with Crippen molar-refractivity contribution >= 4 is 44.3 Å². The fraction of sp³-hybridized carbons (Fsp3) is 0.227. The smallest absolute Gasteiger partial charge is 0.239 e. The van der Waals surface area contributed by atoms with Gasteiger partial charge in [-0.15, -0.1) is 0 Å². The van der Waals surface area contributed by atoms with Crippen LogP contribution in [0.2, 0.25) is 5.02 Å². The molecule has 0 aliphatic rings. The van der Waals surface area contributed by atoms with Crippen LogP contribution < -0.4 is 10.2 Å². The van der Waals surface area contributed by atoms with Crippen LogP contribution in [-0.2, 0) is 11.3 Å². The summed E-state index contributed by atoms with van der Waals surface area (Å²) in [5, 5.41) is 8.98. The maximum Gasteiger partial charge on any atom is 0.239 e. The third-order valence-electron chi connectivity index (χ3n) is 4.80. The van der Waals surface area contributed by atoms with E-state index in [-0.39, 0.29) is 12.5 Å². The average molecular weight is 440 g/mol. The molecule has 2 aromatic heterocycles. The maximum atomic E-state index is 12.4. The van der Waals surface area contributed by atoms with Crippen LogP contribution in [0.1, 0.15) is 16.8 Å². The number of rotatable bonds is 6. The highest BCUT2D eigenvalue weighted by Gasteiger charge is 2.18. The summed E-state index contributed by atoms with van der Waals surface area (Å²) in [5.74, 6) is -0.0893. The second-order valence-electron chi connectivity index (χ2n) is 7.21. The zero-order chi connectivity index (χ0) is 21.3. The summed E-state index contributed by atoms with van der Waals surface area (Å²) in [6.45, 7) is 4.64. The third-order valence-corrected chi connectivity index (χ3v) is 6.43. The zero-order valence-corrected chi connectivity index (χ0v) is 18.6. The van der Waals surface area contributed by atoms with Gasteiger partial charge >= 0.3 is 0 Å². The Hall–Kier alpha value is -2.90. The van der Waals surface area contributed by atoms with Crippen molar-refractivity contribution in [2.45, 2.75) is 20.4 Å². The van der Waals surface area contributed by atoms with Crippen molar-refractivity contribution in [3.8, 4) is 5.69 Å². The first-order valence-corrected chi connectivity index (χ1v) is 10.8. The molecular formula is C22H22ClN5OS. The summed E-state index contributed by atoms with van der Waals surface area (Å²) in [7, 11) is 1.87. The molecule has 0 fully saturated rings. The van der Waals surface area contributed by atoms with Gasteiger partial charge in [0.2, 0.25) is 5.91 Å². The topological polar surface area (TPSA) is 63.1 Å². The largest absolute Gasteiger partial charge is 0.350 e. The Labute approximate surface area is 184 Å². The number of nitrogens with one attached hydrogen (secondary N) is 1. The lowest BCUT2D eigenvalue weighted by Gasteiger charge is -2.15. The van der Waals surface area contributed by atoms with E-state index in [4.69, 9.17) is 16.6 Å². The van der Waals surface area contributed by atoms with Crippen molar-refractivity contribution in [3.05, 3.63) is 70.4 Å². The number of hydrogen-bond donors (Lipinski definition) is 1. The molecule has 0 unspecified atom stereocenters. The fourth-order valence-electron chi connectivity index (χ4n) is 3.13. The highest BCUT2D eigenvalue weighted by Crippen LogP contribution is 2.32. The van der Waals surface area contributed by atoms with E-state index in [1.807, 2.05) is 60.0 Å². The molecule has 4 rings (SSSR count). The average Bonchev–Trinajstić information content (AvgIpc) is 3.29. The highest BCUT2D eigenvalue weighted by molar-refractivity contribution is 7.22. The van der Waals surface area contributed by atoms with Crippen LogP contribution in [0.4, 0.5) is 5.13 Å². The molecule has 0 atom stereocenters. The van der Waals surface area contributed by atoms with Crippen molar-refractivity contribution in [2.24, 2.45) is 0 Å². The van der Waals surface area contributed by atoms with E-state index in [1.54, 1.807) is 0 Å². The second-order valence-corrected chi connectivity index (χ2v) is 8.59. The lowest BCUT2D eigenvalue weighted by atomic mass is 10.2. The van der Waals surface area contributed by atoms with Crippen LogP contribution in [0.5, 0.6) is 0 Å². The lowest BCUT2D eigenvalue weighted by Crippen LogP contribution is -2.34. The Kier molecular flexibility index (Phi) is 5.74. The van der Waals surface area contributed by atoms with Gasteiger partial charge in [-0.2, -0.15) is 10.1 Å². The van der Waals surface area contributed by atoms with Crippen molar-refractivity contribution in [1.82, 2.24) is 20.1 Å². The molecule has 0 saturated carbocycles. The molecule has 0 saturated heterocycles. The molecule has 8 heteroatoms. The van der Waals surface area contributed by atoms with Gasteiger partial charge in [0.1, 0.15) is 0 Å². The molecular weight excluding hydrogens is 418 g/mol. The Morgan fingerprint density at radius 3 is 2.63 bits per heavy atom. The number of amides is 1. The summed E-state index contributed by atoms with van der Waals surface area (Å²) in [4.78, 5) is 19.0. The van der Waals surface area contributed by atoms with Crippen molar-refractivity contribution in [3.63, 3.8) is 0 Å². The van der Waals surface area contributed by atoms with E-state index in [0.717, 1.165) is 32.4 Å². The fourth-order valence-corrected chi connectivity index (χ4v) is 4.28. The van der Waals surface area contributed by atoms with E-state index in [0.29, 0.717) is 11.6 Å². The molecule has 30 heavy (non-hydrogen) atoms. The van der Waals surface area contributed by atoms with Crippen LogP contribution in [0.3, 0.4) is 0 Å². The van der Waals surface area contributed by atoms with E-state index in [1.165, 1.54) is 16.9 Å². The van der Waals surface area contributed by atoms with E-state index in [2.05, 4.69) is 29.5 Å². The number of carbonyl (C=O) groups excluding carboxylic acids is 1. The van der Waals surface area contributed by atoms with Gasteiger partial charge in [0.05, 0.1) is 22.6 Å². The van der Waals surface area contributed by atoms with E-state index >= 15 is 0 Å². The Morgan fingerprint density at radius 2 is 1.90 bits per heavy atom. The number of hydrogen-bond acceptors (Lipinski definition) is 5. The number of nitrogens with zero attached hydrogens (tertiary/aromatic N) is 4. The summed E-state index contributed by atoms with van der Waals surface area (Å²) in [5.41, 5.74) is 4.78. The number of anilines is 1. The molecule has 2 aromatic carbocycles. The van der Waals surface area contributed by atoms with Crippen molar-refractivity contribution < 1.29 is 4.79 Å². The molecule has 6 nitrogen and oxygen atoms in total. The maximum absolute atomic E-state index is 12.4. The molecule has 1 N–H and O–H groups in total. The van der Waals surface area contributed by atoms with E-state index in [9.17, 15) is 4.79 Å². The number of aryl methyl sites for hydroxylation is 2. The summed E-state index contributed by atoms with van der Waals surface area (Å²) < 4.78 is 2.88. The summed E-state index contributed by atoms with van der Waals surface area (Å²) in [6, 6.07) is 15.7. The number of likely N-dealkylation sites (N-methyl/N-ethyl adjacent to an activating group) is 1. The second kappa shape index (κ2) is 8.45. The molecule has 154 valence electrons. The van der Waals surface area contributed by atoms with Crippen LogP contribution in [0.25, 0.3) is 16.0 Å². The van der Waals surface area contributed by atoms with Crippen molar-refractivity contribution in [2.75, 3.05) is 18.5 Å². The minimum atomic E-state index is -0.0893. The van der Waals surface area contributed by atoms with Gasteiger partial charge in [-0.3, -0.25) is 4.79 Å². The summed E-state index contributed by atoms with van der Waals surface area (Å²) >= 11 is 7.69. The number of thiazole rings is 1. The van der Waals surface area contributed by atoms with Crippen LogP contribution in [0.15, 0.2) is 48.5 Å². The minimum Gasteiger partial charge on any atom is -0.350 e. The normalized spacial score (nSPS) is 11.1. The molecule has 2 heterocycles. The standard InChI is InChI=1S/C22H22ClN5OS/c1-14-8-10-17(11-9-14)28-21-20(15(2)26-28)30-22(25-21)27(3)13-19(29)24-12-16-6-4-5-7-18(16)23/h4-11H,12-13H2,1-3H3,(H,24,29). The Morgan fingerprint density at radius 1 is 1.17 bits per heavy atom. The monoisotopic (exact) mass is 439 g/mol. The molecule has 0 radical (unpaired) electrons. The lowest BCUT2D eigenvalue weighted by molar-refractivity contribution is -0.119. The first kappa shape index (κ1) is 20.4. The zero-order valence-electron chi connectivity index (χ0n) is 17.0. The Bertz CT molecular complexity index is 1200. The molecule has 0 aliphatic heterocycles. The predicted octanol–water partition coefficient (Wildman–Crippen LogP) is 4.50. The van der Waals surface area contributed by atoms with Crippen LogP contribution in [0, 0.1) is 13.8 Å². The SMILES string of the molecule is Cc1ccc(-n2nc(C)c3sc(N(C)CC(=O)NCc4ccccc4Cl)nc32)cc1. The number of aromatic nitrogens is 3. The molecule has 4 aromatic rings. The van der Waals surface area contributed by atoms with Gasteiger partial charge < -0.3 is 10.2 Å². The first-order chi connectivity index (χ1) is 14.4. The first-order valence-electron chi connectivity index (χ1n) is 9.57. The van der Waals surface area contributed by atoms with Gasteiger partial charge in [-0.25, -0.2) is 4.68 Å². The van der Waals surface area contributed by atoms with Gasteiger partial charge in [0, 0.05) is 18.6 Å². The number of fused-ring (bicyclic) bond motifs is 1. The highest BCUT2D eigenvalue weighted by atomic mass is 35.5. The van der Waals surface area contributed by atoms with E-state index < -0.39 is 0 Å². The van der Waals surface area contributed by atoms with Crippen LogP contribution >= 0.6 is 22.9 Å². The van der Waals surface area contributed by atoms with Crippen LogP contribution in [-0.4, -0.2) is 34.3 Å². The minimum absolute atomic E-state index is 0.0893. The molecule has 1 amide bonds. The summed E-state index contributed by atoms with van der Waals surface area (Å²) in [6.07, 6.45) is 0. The van der Waals surface area contributed by atoms with Crippen molar-refractivity contribution in [1.29, 1.82) is 0 Å². The Balaban J connectivity index is 1.49. The number of carbonyl (C=O) groups is 1. The molecule has 0 aliphatic carbocycles. The quantitative estimate of drug-likeness (QED) is 0.480. The number of halogens is 1. The van der Waals surface area contributed by atoms with Gasteiger partial charge in [0.15, 0.2) is 10.8 Å². The van der Waals surface area contributed by atoms with Gasteiger partial charge in [-0.05, 0) is 37.6 Å². The third kappa shape index (κ3) is 4.17. The molecule has 0 bridgehead atoms. The number of benzene rings is 2. The van der Waals surface area contributed by atoms with Gasteiger partial charge in [0.25, 0.3) is 0 Å².